The molecule has 0 radical (unpaired) electrons. The van der Waals surface area contributed by atoms with Gasteiger partial charge in [-0.3, -0.25) is 4.79 Å². The van der Waals surface area contributed by atoms with Gasteiger partial charge in [0, 0.05) is 19.0 Å². The molecule has 0 aliphatic heterocycles. The van der Waals surface area contributed by atoms with Crippen LogP contribution in [0.15, 0.2) is 30.5 Å². The molecule has 0 bridgehead atoms. The summed E-state index contributed by atoms with van der Waals surface area (Å²) in [6, 6.07) is 8.67. The molecule has 0 saturated heterocycles. The van der Waals surface area contributed by atoms with E-state index < -0.39 is 0 Å². The van der Waals surface area contributed by atoms with Crippen LogP contribution in [0.4, 0.5) is 0 Å². The number of hydrogen-bond acceptors (Lipinski definition) is 4. The van der Waals surface area contributed by atoms with E-state index in [0.717, 1.165) is 30.8 Å². The third-order valence-electron chi connectivity index (χ3n) is 5.17. The van der Waals surface area contributed by atoms with E-state index in [0.29, 0.717) is 23.7 Å². The highest BCUT2D eigenvalue weighted by Gasteiger charge is 2.28. The Morgan fingerprint density at radius 3 is 2.62 bits per heavy atom. The quantitative estimate of drug-likeness (QED) is 0.712. The summed E-state index contributed by atoms with van der Waals surface area (Å²) in [5.74, 6) is 2.22. The summed E-state index contributed by atoms with van der Waals surface area (Å²) in [5, 5.41) is 4.44. The van der Waals surface area contributed by atoms with Crippen LogP contribution in [0.1, 0.15) is 78.5 Å². The Labute approximate surface area is 153 Å². The third kappa shape index (κ3) is 3.02. The van der Waals surface area contributed by atoms with E-state index in [4.69, 9.17) is 0 Å². The van der Waals surface area contributed by atoms with Gasteiger partial charge in [0.25, 0.3) is 5.78 Å². The normalized spacial score (nSPS) is 17.1. The number of fused-ring (bicyclic) bond motifs is 2. The summed E-state index contributed by atoms with van der Waals surface area (Å²) in [6.07, 6.45) is 4.92. The van der Waals surface area contributed by atoms with E-state index in [1.165, 1.54) is 11.1 Å². The molecule has 5 heteroatoms. The fraction of sp³-hybridized carbons (Fsp3) is 0.429. The monoisotopic (exact) mass is 348 g/mol. The molecule has 0 fully saturated rings. The molecule has 134 valence electrons. The largest absolute Gasteiger partial charge is 0.294 e. The molecule has 26 heavy (non-hydrogen) atoms. The maximum atomic E-state index is 12.7. The number of carbonyl (C=O) groups is 1. The minimum atomic E-state index is 0.145. The molecule has 1 aliphatic rings. The fourth-order valence-electron chi connectivity index (χ4n) is 3.64. The van der Waals surface area contributed by atoms with Crippen molar-refractivity contribution in [1.82, 2.24) is 19.6 Å². The second-order valence-electron chi connectivity index (χ2n) is 7.47. The molecule has 3 aromatic rings. The van der Waals surface area contributed by atoms with Gasteiger partial charge in [0.2, 0.25) is 0 Å². The van der Waals surface area contributed by atoms with Crippen molar-refractivity contribution in [3.8, 4) is 0 Å². The molecule has 1 unspecified atom stereocenters. The van der Waals surface area contributed by atoms with E-state index in [1.54, 1.807) is 4.52 Å². The Balaban J connectivity index is 1.66. The molecular formula is C21H24N4O. The van der Waals surface area contributed by atoms with Crippen LogP contribution in [-0.2, 0) is 12.8 Å². The SMILES string of the molecule is CCCc1nc2nc3c(cn2n1)C(=O)CC(c1ccc(C(C)C)cc1)C3. The van der Waals surface area contributed by atoms with Gasteiger partial charge in [-0.25, -0.2) is 9.50 Å². The number of carbonyl (C=O) groups excluding carboxylic acids is 1. The minimum Gasteiger partial charge on any atom is -0.294 e. The molecular weight excluding hydrogens is 324 g/mol. The number of benzene rings is 1. The van der Waals surface area contributed by atoms with Crippen LogP contribution < -0.4 is 0 Å². The standard InChI is InChI=1S/C21H24N4O/c1-4-5-20-23-21-22-18-10-16(11-19(26)17(18)12-25(21)24-20)15-8-6-14(7-9-15)13(2)3/h6-9,12-13,16H,4-5,10-11H2,1-3H3. The van der Waals surface area contributed by atoms with Crippen molar-refractivity contribution < 1.29 is 4.79 Å². The van der Waals surface area contributed by atoms with E-state index in [-0.39, 0.29) is 11.7 Å². The van der Waals surface area contributed by atoms with Gasteiger partial charge < -0.3 is 0 Å². The Morgan fingerprint density at radius 1 is 1.15 bits per heavy atom. The molecule has 1 aliphatic carbocycles. The zero-order valence-corrected chi connectivity index (χ0v) is 15.6. The zero-order valence-electron chi connectivity index (χ0n) is 15.6. The van der Waals surface area contributed by atoms with Crippen molar-refractivity contribution in [2.45, 2.75) is 58.3 Å². The van der Waals surface area contributed by atoms with Crippen LogP contribution >= 0.6 is 0 Å². The van der Waals surface area contributed by atoms with Gasteiger partial charge in [-0.1, -0.05) is 45.0 Å². The van der Waals surface area contributed by atoms with Crippen LogP contribution in [0.2, 0.25) is 0 Å². The molecule has 1 aromatic carbocycles. The molecule has 0 saturated carbocycles. The van der Waals surface area contributed by atoms with Gasteiger partial charge in [0.15, 0.2) is 11.6 Å². The Kier molecular flexibility index (Phi) is 4.31. The summed E-state index contributed by atoms with van der Waals surface area (Å²) in [6.45, 7) is 6.48. The predicted octanol–water partition coefficient (Wildman–Crippen LogP) is 4.11. The van der Waals surface area contributed by atoms with E-state index in [9.17, 15) is 4.79 Å². The van der Waals surface area contributed by atoms with Crippen molar-refractivity contribution in [3.63, 3.8) is 0 Å². The van der Waals surface area contributed by atoms with E-state index in [2.05, 4.69) is 60.1 Å². The fourth-order valence-corrected chi connectivity index (χ4v) is 3.64. The molecule has 0 spiro atoms. The number of aryl methyl sites for hydroxylation is 1. The van der Waals surface area contributed by atoms with Gasteiger partial charge in [0.05, 0.1) is 11.3 Å². The van der Waals surface area contributed by atoms with Crippen molar-refractivity contribution in [2.75, 3.05) is 0 Å². The molecule has 1 atom stereocenters. The van der Waals surface area contributed by atoms with E-state index >= 15 is 0 Å². The Bertz CT molecular complexity index is 956. The number of ketones is 1. The number of rotatable bonds is 4. The molecule has 2 aromatic heterocycles. The van der Waals surface area contributed by atoms with Crippen LogP contribution in [-0.4, -0.2) is 25.4 Å². The maximum absolute atomic E-state index is 12.7. The number of aromatic nitrogens is 4. The van der Waals surface area contributed by atoms with Crippen molar-refractivity contribution >= 4 is 11.6 Å². The summed E-state index contributed by atoms with van der Waals surface area (Å²) in [5.41, 5.74) is 4.08. The van der Waals surface area contributed by atoms with Gasteiger partial charge in [-0.15, -0.1) is 5.10 Å². The number of Topliss-reactive ketones (excluding diaryl/α,β-unsaturated/α-hetero) is 1. The summed E-state index contributed by atoms with van der Waals surface area (Å²) < 4.78 is 1.65. The molecule has 0 amide bonds. The lowest BCUT2D eigenvalue weighted by molar-refractivity contribution is 0.0962. The van der Waals surface area contributed by atoms with Gasteiger partial charge >= 0.3 is 0 Å². The molecule has 4 rings (SSSR count). The van der Waals surface area contributed by atoms with Crippen LogP contribution in [0, 0.1) is 0 Å². The average Bonchev–Trinajstić information content (AvgIpc) is 3.02. The van der Waals surface area contributed by atoms with Gasteiger partial charge in [-0.2, -0.15) is 4.98 Å². The van der Waals surface area contributed by atoms with Crippen molar-refractivity contribution in [3.05, 3.63) is 58.7 Å². The van der Waals surface area contributed by atoms with Crippen LogP contribution in [0.3, 0.4) is 0 Å². The summed E-state index contributed by atoms with van der Waals surface area (Å²) in [7, 11) is 0. The van der Waals surface area contributed by atoms with E-state index in [1.807, 2.05) is 6.20 Å². The highest BCUT2D eigenvalue weighted by atomic mass is 16.1. The van der Waals surface area contributed by atoms with Crippen LogP contribution in [0.25, 0.3) is 5.78 Å². The highest BCUT2D eigenvalue weighted by molar-refractivity contribution is 5.98. The first-order valence-electron chi connectivity index (χ1n) is 9.43. The summed E-state index contributed by atoms with van der Waals surface area (Å²) in [4.78, 5) is 21.9. The lowest BCUT2D eigenvalue weighted by Crippen LogP contribution is -2.21. The second kappa shape index (κ2) is 6.63. The topological polar surface area (TPSA) is 60.1 Å². The van der Waals surface area contributed by atoms with Crippen molar-refractivity contribution in [2.24, 2.45) is 0 Å². The lowest BCUT2D eigenvalue weighted by atomic mass is 9.81. The van der Waals surface area contributed by atoms with Crippen molar-refractivity contribution in [1.29, 1.82) is 0 Å². The van der Waals surface area contributed by atoms with Gasteiger partial charge in [0.1, 0.15) is 0 Å². The van der Waals surface area contributed by atoms with Crippen LogP contribution in [0.5, 0.6) is 0 Å². The highest BCUT2D eigenvalue weighted by Crippen LogP contribution is 2.32. The first-order chi connectivity index (χ1) is 12.5. The molecule has 2 heterocycles. The Morgan fingerprint density at radius 2 is 1.92 bits per heavy atom. The lowest BCUT2D eigenvalue weighted by Gasteiger charge is -2.23. The first kappa shape index (κ1) is 16.9. The number of nitrogens with zero attached hydrogens (tertiary/aromatic N) is 4. The maximum Gasteiger partial charge on any atom is 0.252 e. The first-order valence-corrected chi connectivity index (χ1v) is 9.43. The zero-order chi connectivity index (χ0) is 18.3. The number of hydrogen-bond donors (Lipinski definition) is 0. The predicted molar refractivity (Wildman–Crippen MR) is 101 cm³/mol. The average molecular weight is 348 g/mol. The molecule has 0 N–H and O–H groups in total. The molecule has 5 nitrogen and oxygen atoms in total. The second-order valence-corrected chi connectivity index (χ2v) is 7.47. The van der Waals surface area contributed by atoms with Gasteiger partial charge in [-0.05, 0) is 35.8 Å². The minimum absolute atomic E-state index is 0.145. The Hall–Kier alpha value is -2.56. The smallest absolute Gasteiger partial charge is 0.252 e. The third-order valence-corrected chi connectivity index (χ3v) is 5.17. The summed E-state index contributed by atoms with van der Waals surface area (Å²) >= 11 is 0.